The number of benzene rings is 2. The first-order valence-electron chi connectivity index (χ1n) is 6.86. The van der Waals surface area contributed by atoms with E-state index in [-0.39, 0.29) is 5.75 Å². The maximum atomic E-state index is 11.8. The topological polar surface area (TPSA) is 55.4 Å². The van der Waals surface area contributed by atoms with Gasteiger partial charge in [0.1, 0.15) is 5.75 Å². The molecule has 0 saturated carbocycles. The molecule has 0 unspecified atom stereocenters. The van der Waals surface area contributed by atoms with Gasteiger partial charge in [0.15, 0.2) is 9.84 Å². The van der Waals surface area contributed by atoms with E-state index in [4.69, 9.17) is 16.3 Å². The van der Waals surface area contributed by atoms with E-state index in [0.29, 0.717) is 22.2 Å². The van der Waals surface area contributed by atoms with E-state index in [9.17, 15) is 8.42 Å². The first-order valence-corrected chi connectivity index (χ1v) is 8.89. The van der Waals surface area contributed by atoms with Gasteiger partial charge in [0, 0.05) is 22.8 Å². The van der Waals surface area contributed by atoms with Gasteiger partial charge in [0.2, 0.25) is 0 Å². The third-order valence-electron chi connectivity index (χ3n) is 3.36. The highest BCUT2D eigenvalue weighted by Crippen LogP contribution is 2.27. The first-order chi connectivity index (χ1) is 10.5. The molecule has 2 rings (SSSR count). The molecule has 2 aromatic carbocycles. The van der Waals surface area contributed by atoms with Crippen molar-refractivity contribution in [3.8, 4) is 5.75 Å². The Labute approximate surface area is 136 Å². The van der Waals surface area contributed by atoms with Crippen LogP contribution in [0.25, 0.3) is 0 Å². The molecule has 22 heavy (non-hydrogen) atoms. The molecule has 1 N–H and O–H groups in total. The molecule has 0 spiro atoms. The molecule has 0 bridgehead atoms. The van der Waals surface area contributed by atoms with Crippen LogP contribution in [-0.2, 0) is 16.4 Å². The maximum Gasteiger partial charge on any atom is 0.178 e. The zero-order valence-corrected chi connectivity index (χ0v) is 14.0. The number of rotatable bonds is 6. The number of halogens is 1. The van der Waals surface area contributed by atoms with E-state index in [2.05, 4.69) is 5.32 Å². The van der Waals surface area contributed by atoms with Crippen LogP contribution in [0.5, 0.6) is 5.75 Å². The zero-order chi connectivity index (χ0) is 16.2. The monoisotopic (exact) mass is 339 g/mol. The van der Waals surface area contributed by atoms with Crippen LogP contribution in [-0.4, -0.2) is 21.3 Å². The summed E-state index contributed by atoms with van der Waals surface area (Å²) in [5, 5.41) is 3.84. The fourth-order valence-electron chi connectivity index (χ4n) is 2.04. The van der Waals surface area contributed by atoms with E-state index in [1.165, 1.54) is 0 Å². The lowest BCUT2D eigenvalue weighted by molar-refractivity contribution is 0.410. The third kappa shape index (κ3) is 3.72. The molecule has 2 aromatic rings. The number of nitrogens with one attached hydrogen (secondary N) is 1. The van der Waals surface area contributed by atoms with Gasteiger partial charge in [-0.15, -0.1) is 0 Å². The molecule has 0 aliphatic heterocycles. The van der Waals surface area contributed by atoms with Crippen molar-refractivity contribution in [2.24, 2.45) is 0 Å². The molecule has 0 aliphatic rings. The van der Waals surface area contributed by atoms with Crippen molar-refractivity contribution in [1.82, 2.24) is 0 Å². The van der Waals surface area contributed by atoms with Crippen LogP contribution < -0.4 is 10.1 Å². The van der Waals surface area contributed by atoms with E-state index in [1.807, 2.05) is 12.1 Å². The summed E-state index contributed by atoms with van der Waals surface area (Å²) in [5.41, 5.74) is 1.67. The minimum Gasteiger partial charge on any atom is -0.496 e. The van der Waals surface area contributed by atoms with Crippen molar-refractivity contribution in [2.45, 2.75) is 18.4 Å². The molecule has 0 heterocycles. The van der Waals surface area contributed by atoms with Crippen LogP contribution in [0.2, 0.25) is 5.02 Å². The fraction of sp³-hybridized carbons (Fsp3) is 0.250. The minimum atomic E-state index is -3.17. The second kappa shape index (κ2) is 7.03. The van der Waals surface area contributed by atoms with Gasteiger partial charge < -0.3 is 10.1 Å². The average Bonchev–Trinajstić information content (AvgIpc) is 2.54. The minimum absolute atomic E-state index is 0.0938. The van der Waals surface area contributed by atoms with Gasteiger partial charge in [-0.2, -0.15) is 0 Å². The SMILES string of the molecule is CCS(=O)(=O)c1ccc(NCc2c(Cl)cccc2OC)cc1. The summed E-state index contributed by atoms with van der Waals surface area (Å²) < 4.78 is 28.8. The lowest BCUT2D eigenvalue weighted by Gasteiger charge is -2.12. The highest BCUT2D eigenvalue weighted by molar-refractivity contribution is 7.91. The van der Waals surface area contributed by atoms with Gasteiger partial charge in [-0.3, -0.25) is 0 Å². The molecular formula is C16H18ClNO3S. The number of methoxy groups -OCH3 is 1. The molecule has 118 valence electrons. The Balaban J connectivity index is 2.13. The summed E-state index contributed by atoms with van der Waals surface area (Å²) in [6.45, 7) is 2.12. The predicted molar refractivity (Wildman–Crippen MR) is 89.5 cm³/mol. The molecule has 0 aromatic heterocycles. The molecule has 4 nitrogen and oxygen atoms in total. The smallest absolute Gasteiger partial charge is 0.178 e. The van der Waals surface area contributed by atoms with Gasteiger partial charge in [-0.25, -0.2) is 8.42 Å². The highest BCUT2D eigenvalue weighted by Gasteiger charge is 2.11. The summed E-state index contributed by atoms with van der Waals surface area (Å²) in [4.78, 5) is 0.330. The van der Waals surface area contributed by atoms with Crippen molar-refractivity contribution >= 4 is 27.1 Å². The van der Waals surface area contributed by atoms with Gasteiger partial charge >= 0.3 is 0 Å². The summed E-state index contributed by atoms with van der Waals surface area (Å²) in [6.07, 6.45) is 0. The Bertz CT molecular complexity index is 742. The second-order valence-corrected chi connectivity index (χ2v) is 7.39. The molecule has 0 saturated heterocycles. The molecular weight excluding hydrogens is 322 g/mol. The number of sulfone groups is 1. The van der Waals surface area contributed by atoms with Gasteiger partial charge in [-0.1, -0.05) is 24.6 Å². The number of anilines is 1. The molecule has 0 aliphatic carbocycles. The van der Waals surface area contributed by atoms with Gasteiger partial charge in [-0.05, 0) is 36.4 Å². The highest BCUT2D eigenvalue weighted by atomic mass is 35.5. The first kappa shape index (κ1) is 16.6. The van der Waals surface area contributed by atoms with Gasteiger partial charge in [0.25, 0.3) is 0 Å². The number of hydrogen-bond acceptors (Lipinski definition) is 4. The van der Waals surface area contributed by atoms with Crippen LogP contribution in [0.1, 0.15) is 12.5 Å². The van der Waals surface area contributed by atoms with Crippen molar-refractivity contribution < 1.29 is 13.2 Å². The van der Waals surface area contributed by atoms with Crippen LogP contribution in [0.3, 0.4) is 0 Å². The van der Waals surface area contributed by atoms with Gasteiger partial charge in [0.05, 0.1) is 17.8 Å². The van der Waals surface area contributed by atoms with Crippen LogP contribution in [0.4, 0.5) is 5.69 Å². The largest absolute Gasteiger partial charge is 0.496 e. The average molecular weight is 340 g/mol. The lowest BCUT2D eigenvalue weighted by Crippen LogP contribution is -2.05. The molecule has 6 heteroatoms. The summed E-state index contributed by atoms with van der Waals surface area (Å²) >= 11 is 6.18. The number of ether oxygens (including phenoxy) is 1. The second-order valence-electron chi connectivity index (χ2n) is 4.70. The molecule has 0 fully saturated rings. The van der Waals surface area contributed by atoms with Crippen molar-refractivity contribution in [2.75, 3.05) is 18.2 Å². The third-order valence-corrected chi connectivity index (χ3v) is 5.46. The van der Waals surface area contributed by atoms with E-state index in [1.54, 1.807) is 44.4 Å². The van der Waals surface area contributed by atoms with Crippen molar-refractivity contribution in [3.63, 3.8) is 0 Å². The van der Waals surface area contributed by atoms with Crippen LogP contribution in [0.15, 0.2) is 47.4 Å². The van der Waals surface area contributed by atoms with Crippen LogP contribution in [0, 0.1) is 0 Å². The van der Waals surface area contributed by atoms with Crippen LogP contribution >= 0.6 is 11.6 Å². The fourth-order valence-corrected chi connectivity index (χ4v) is 3.16. The summed E-state index contributed by atoms with van der Waals surface area (Å²) in [7, 11) is -1.57. The maximum absolute atomic E-state index is 11.8. The van der Waals surface area contributed by atoms with Crippen molar-refractivity contribution in [3.05, 3.63) is 53.1 Å². The van der Waals surface area contributed by atoms with E-state index >= 15 is 0 Å². The Morgan fingerprint density at radius 2 is 1.82 bits per heavy atom. The van der Waals surface area contributed by atoms with E-state index < -0.39 is 9.84 Å². The quantitative estimate of drug-likeness (QED) is 0.870. The normalized spacial score (nSPS) is 11.2. The Morgan fingerprint density at radius 3 is 2.41 bits per heavy atom. The lowest BCUT2D eigenvalue weighted by atomic mass is 10.2. The Morgan fingerprint density at radius 1 is 1.14 bits per heavy atom. The molecule has 0 radical (unpaired) electrons. The summed E-state index contributed by atoms with van der Waals surface area (Å²) in [6, 6.07) is 12.2. The summed E-state index contributed by atoms with van der Waals surface area (Å²) in [5.74, 6) is 0.807. The predicted octanol–water partition coefficient (Wildman–Crippen LogP) is 3.75. The zero-order valence-electron chi connectivity index (χ0n) is 12.5. The Hall–Kier alpha value is -1.72. The Kier molecular flexibility index (Phi) is 5.32. The van der Waals surface area contributed by atoms with E-state index in [0.717, 1.165) is 11.3 Å². The van der Waals surface area contributed by atoms with Crippen molar-refractivity contribution in [1.29, 1.82) is 0 Å². The molecule has 0 atom stereocenters. The number of hydrogen-bond donors (Lipinski definition) is 1. The standard InChI is InChI=1S/C16H18ClNO3S/c1-3-22(19,20)13-9-7-12(8-10-13)18-11-14-15(17)5-4-6-16(14)21-2/h4-10,18H,3,11H2,1-2H3. The molecule has 0 amide bonds.